The summed E-state index contributed by atoms with van der Waals surface area (Å²) in [5.41, 5.74) is 0.591. The molecule has 0 fully saturated rings. The van der Waals surface area contributed by atoms with Crippen molar-refractivity contribution >= 4 is 21.4 Å². The Labute approximate surface area is 166 Å². The third kappa shape index (κ3) is 10.4. The van der Waals surface area contributed by atoms with Crippen LogP contribution in [0.2, 0.25) is 0 Å². The van der Waals surface area contributed by atoms with E-state index in [0.717, 1.165) is 17.9 Å². The fourth-order valence-corrected chi connectivity index (χ4v) is 3.98. The van der Waals surface area contributed by atoms with Gasteiger partial charge in [-0.3, -0.25) is 9.11 Å². The SMILES string of the molecule is CCC.CCCC/C=C/CC(C)CS(O)(O)/C(=N/N)N(N)c1ccccc1. The lowest BCUT2D eigenvalue weighted by Gasteiger charge is -2.38. The molecule has 1 atom stereocenters. The number of unbranched alkanes of at least 4 members (excludes halogenated alkanes) is 2. The summed E-state index contributed by atoms with van der Waals surface area (Å²) >= 11 is 0. The highest BCUT2D eigenvalue weighted by Gasteiger charge is 2.27. The number of benzene rings is 1. The van der Waals surface area contributed by atoms with Crippen molar-refractivity contribution in [2.45, 2.75) is 59.8 Å². The summed E-state index contributed by atoms with van der Waals surface area (Å²) in [5.74, 6) is 11.6. The Hall–Kier alpha value is -1.54. The van der Waals surface area contributed by atoms with Crippen LogP contribution in [0.1, 0.15) is 59.8 Å². The van der Waals surface area contributed by atoms with Gasteiger partial charge in [0.15, 0.2) is 0 Å². The number of hydrazine groups is 1. The van der Waals surface area contributed by atoms with E-state index < -0.39 is 10.6 Å². The number of hydrazone groups is 1. The minimum Gasteiger partial charge on any atom is -0.320 e. The second kappa shape index (κ2) is 14.5. The second-order valence-corrected chi connectivity index (χ2v) is 8.64. The van der Waals surface area contributed by atoms with Crippen molar-refractivity contribution in [2.75, 3.05) is 10.8 Å². The molecule has 0 aromatic heterocycles. The third-order valence-corrected chi connectivity index (χ3v) is 5.51. The van der Waals surface area contributed by atoms with Gasteiger partial charge in [0.1, 0.15) is 0 Å². The van der Waals surface area contributed by atoms with Gasteiger partial charge in [-0.15, -0.1) is 15.7 Å². The Kier molecular flexibility index (Phi) is 13.7. The first-order valence-electron chi connectivity index (χ1n) is 9.62. The van der Waals surface area contributed by atoms with Crippen molar-refractivity contribution in [3.63, 3.8) is 0 Å². The lowest BCUT2D eigenvalue weighted by molar-refractivity contribution is 0.486. The summed E-state index contributed by atoms with van der Waals surface area (Å²) in [7, 11) is -3.17. The number of anilines is 1. The number of nitrogens with zero attached hydrogens (tertiary/aromatic N) is 2. The molecule has 27 heavy (non-hydrogen) atoms. The number of hydrogen-bond acceptors (Lipinski definition) is 5. The Bertz CT molecular complexity index is 550. The first-order chi connectivity index (χ1) is 12.8. The molecule has 0 heterocycles. The van der Waals surface area contributed by atoms with Crippen molar-refractivity contribution in [1.82, 2.24) is 0 Å². The zero-order chi connectivity index (χ0) is 20.7. The van der Waals surface area contributed by atoms with Gasteiger partial charge in [-0.05, 0) is 30.9 Å². The maximum Gasteiger partial charge on any atom is 0.253 e. The van der Waals surface area contributed by atoms with Crippen LogP contribution in [0.3, 0.4) is 0 Å². The van der Waals surface area contributed by atoms with Crippen LogP contribution in [-0.4, -0.2) is 20.0 Å². The Morgan fingerprint density at radius 3 is 2.30 bits per heavy atom. The molecule has 1 aromatic carbocycles. The first-order valence-corrected chi connectivity index (χ1v) is 11.3. The number of allylic oxidation sites excluding steroid dienone is 2. The van der Waals surface area contributed by atoms with Crippen LogP contribution in [0.5, 0.6) is 0 Å². The van der Waals surface area contributed by atoms with Crippen molar-refractivity contribution in [2.24, 2.45) is 22.7 Å². The molecule has 0 aliphatic carbocycles. The van der Waals surface area contributed by atoms with Crippen molar-refractivity contribution < 1.29 is 9.11 Å². The molecule has 0 aliphatic rings. The summed E-state index contributed by atoms with van der Waals surface area (Å²) in [6.07, 6.45) is 9.65. The van der Waals surface area contributed by atoms with Crippen LogP contribution < -0.4 is 16.7 Å². The molecule has 7 heteroatoms. The summed E-state index contributed by atoms with van der Waals surface area (Å²) in [6, 6.07) is 8.96. The van der Waals surface area contributed by atoms with E-state index >= 15 is 0 Å². The maximum absolute atomic E-state index is 10.5. The normalized spacial score (nSPS) is 13.8. The monoisotopic (exact) mass is 398 g/mol. The first kappa shape index (κ1) is 25.5. The predicted octanol–water partition coefficient (Wildman–Crippen LogP) is 5.54. The number of nitrogens with two attached hydrogens (primary N) is 2. The Balaban J connectivity index is 0.00000210. The molecule has 1 unspecified atom stereocenters. The number of amidine groups is 1. The molecule has 156 valence electrons. The standard InChI is InChI=1S/C17H30N4O2S.C3H8/c1-3-4-5-6-8-11-15(2)14-24(22,23)17(20-18)21(19)16-12-9-7-10-13-16;1-3-2/h6-10,12-13,15,22-23H,3-5,11,14,18-19H2,1-2H3;3H2,1-2H3/b8-6+,20-17+;. The van der Waals surface area contributed by atoms with E-state index in [1.165, 1.54) is 19.3 Å². The molecule has 1 rings (SSSR count). The predicted molar refractivity (Wildman–Crippen MR) is 121 cm³/mol. The minimum atomic E-state index is -3.17. The molecular formula is C20H38N4O2S. The summed E-state index contributed by atoms with van der Waals surface area (Å²) < 4.78 is 21.0. The smallest absolute Gasteiger partial charge is 0.253 e. The van der Waals surface area contributed by atoms with Gasteiger partial charge in [-0.1, -0.05) is 77.3 Å². The zero-order valence-corrected chi connectivity index (χ0v) is 18.0. The molecule has 0 radical (unpaired) electrons. The van der Waals surface area contributed by atoms with Gasteiger partial charge in [0.25, 0.3) is 5.17 Å². The van der Waals surface area contributed by atoms with E-state index in [9.17, 15) is 9.11 Å². The van der Waals surface area contributed by atoms with Gasteiger partial charge in [0.05, 0.1) is 5.69 Å². The molecule has 6 N–H and O–H groups in total. The van der Waals surface area contributed by atoms with Gasteiger partial charge in [-0.2, -0.15) is 0 Å². The molecule has 0 bridgehead atoms. The fraction of sp³-hybridized carbons (Fsp3) is 0.550. The average molecular weight is 399 g/mol. The van der Waals surface area contributed by atoms with Crippen molar-refractivity contribution in [1.29, 1.82) is 0 Å². The van der Waals surface area contributed by atoms with Crippen molar-refractivity contribution in [3.05, 3.63) is 42.5 Å². The van der Waals surface area contributed by atoms with Gasteiger partial charge < -0.3 is 5.84 Å². The Morgan fingerprint density at radius 1 is 1.19 bits per heavy atom. The lowest BCUT2D eigenvalue weighted by atomic mass is 10.1. The van der Waals surface area contributed by atoms with E-state index in [0.29, 0.717) is 5.69 Å². The van der Waals surface area contributed by atoms with Crippen LogP contribution >= 0.6 is 10.6 Å². The van der Waals surface area contributed by atoms with E-state index in [4.69, 9.17) is 11.7 Å². The molecule has 6 nitrogen and oxygen atoms in total. The number of hydrogen-bond donors (Lipinski definition) is 4. The highest BCUT2D eigenvalue weighted by Crippen LogP contribution is 2.44. The summed E-state index contributed by atoms with van der Waals surface area (Å²) in [5, 5.41) is 4.58. The minimum absolute atomic E-state index is 0.0776. The summed E-state index contributed by atoms with van der Waals surface area (Å²) in [6.45, 7) is 8.38. The number of rotatable bonds is 8. The van der Waals surface area contributed by atoms with Gasteiger partial charge in [0, 0.05) is 5.75 Å². The largest absolute Gasteiger partial charge is 0.320 e. The van der Waals surface area contributed by atoms with E-state index in [-0.39, 0.29) is 16.8 Å². The van der Waals surface area contributed by atoms with Crippen LogP contribution in [0.4, 0.5) is 5.69 Å². The van der Waals surface area contributed by atoms with Crippen LogP contribution in [0.15, 0.2) is 47.6 Å². The van der Waals surface area contributed by atoms with Crippen LogP contribution in [0.25, 0.3) is 0 Å². The fourth-order valence-electron chi connectivity index (χ4n) is 2.31. The molecule has 0 amide bonds. The molecule has 0 spiro atoms. The molecule has 0 saturated carbocycles. The zero-order valence-electron chi connectivity index (χ0n) is 17.2. The molecular weight excluding hydrogens is 360 g/mol. The van der Waals surface area contributed by atoms with E-state index in [2.05, 4.69) is 38.0 Å². The highest BCUT2D eigenvalue weighted by atomic mass is 32.3. The number of para-hydroxylation sites is 1. The lowest BCUT2D eigenvalue weighted by Crippen LogP contribution is -2.42. The molecule has 0 saturated heterocycles. The molecule has 0 aliphatic heterocycles. The van der Waals surface area contributed by atoms with Gasteiger partial charge in [0.2, 0.25) is 0 Å². The topological polar surface area (TPSA) is 108 Å². The third-order valence-electron chi connectivity index (χ3n) is 3.59. The average Bonchev–Trinajstić information content (AvgIpc) is 2.62. The van der Waals surface area contributed by atoms with E-state index in [1.807, 2.05) is 13.0 Å². The second-order valence-electron chi connectivity index (χ2n) is 6.61. The van der Waals surface area contributed by atoms with Crippen LogP contribution in [0, 0.1) is 5.92 Å². The highest BCUT2D eigenvalue weighted by molar-refractivity contribution is 8.37. The Morgan fingerprint density at radius 2 is 1.78 bits per heavy atom. The molecule has 1 aromatic rings. The van der Waals surface area contributed by atoms with Gasteiger partial charge in [-0.25, -0.2) is 10.9 Å². The van der Waals surface area contributed by atoms with Gasteiger partial charge >= 0.3 is 0 Å². The quantitative estimate of drug-likeness (QED) is 0.115. The van der Waals surface area contributed by atoms with E-state index in [1.54, 1.807) is 24.3 Å². The maximum atomic E-state index is 10.5. The van der Waals surface area contributed by atoms with Crippen LogP contribution in [-0.2, 0) is 0 Å². The summed E-state index contributed by atoms with van der Waals surface area (Å²) in [4.78, 5) is 0. The van der Waals surface area contributed by atoms with Crippen molar-refractivity contribution in [3.8, 4) is 0 Å².